The molecule has 8 nitrogen and oxygen atoms in total. The first-order valence-corrected chi connectivity index (χ1v) is 8.56. The topological polar surface area (TPSA) is 93.5 Å². The van der Waals surface area contributed by atoms with Crippen LogP contribution in [0.5, 0.6) is 5.75 Å². The van der Waals surface area contributed by atoms with E-state index < -0.39 is 16.9 Å². The molecule has 136 valence electrons. The van der Waals surface area contributed by atoms with Crippen molar-refractivity contribution in [2.24, 2.45) is 5.41 Å². The Labute approximate surface area is 146 Å². The lowest BCUT2D eigenvalue weighted by atomic mass is 9.97. The van der Waals surface area contributed by atoms with Crippen molar-refractivity contribution in [1.29, 1.82) is 0 Å². The second kappa shape index (κ2) is 6.25. The number of fused-ring (bicyclic) bond motifs is 1. The highest BCUT2D eigenvalue weighted by Gasteiger charge is 2.35. The lowest BCUT2D eigenvalue weighted by molar-refractivity contribution is -0.143. The number of hydrogen-bond acceptors (Lipinski definition) is 6. The van der Waals surface area contributed by atoms with Gasteiger partial charge < -0.3 is 19.5 Å². The van der Waals surface area contributed by atoms with Gasteiger partial charge in [0.05, 0.1) is 11.5 Å². The van der Waals surface area contributed by atoms with Crippen LogP contribution in [0.1, 0.15) is 56.0 Å². The number of nitrogens with zero attached hydrogens (tertiary/aromatic N) is 3. The van der Waals surface area contributed by atoms with E-state index in [2.05, 4.69) is 10.3 Å². The maximum Gasteiger partial charge on any atom is 0.316 e. The number of likely N-dealkylation sites (N-methyl/N-ethyl adjacent to an activating group) is 1. The summed E-state index contributed by atoms with van der Waals surface area (Å²) >= 11 is 0. The summed E-state index contributed by atoms with van der Waals surface area (Å²) in [5.74, 6) is -0.614. The number of carbonyl (C=O) groups excluding carboxylic acids is 2. The number of esters is 1. The number of carbonyl (C=O) groups is 2. The number of rotatable bonds is 2. The van der Waals surface area contributed by atoms with Crippen molar-refractivity contribution in [1.82, 2.24) is 19.8 Å². The monoisotopic (exact) mass is 348 g/mol. The Kier molecular flexibility index (Phi) is 4.40. The first-order valence-electron chi connectivity index (χ1n) is 8.56. The van der Waals surface area contributed by atoms with E-state index >= 15 is 0 Å². The third kappa shape index (κ3) is 3.18. The van der Waals surface area contributed by atoms with Crippen molar-refractivity contribution in [3.63, 3.8) is 0 Å². The van der Waals surface area contributed by atoms with Gasteiger partial charge >= 0.3 is 11.5 Å². The highest BCUT2D eigenvalue weighted by molar-refractivity contribution is 5.96. The van der Waals surface area contributed by atoms with Crippen LogP contribution in [0.25, 0.3) is 0 Å². The summed E-state index contributed by atoms with van der Waals surface area (Å²) in [6.07, 6.45) is 1.85. The zero-order valence-electron chi connectivity index (χ0n) is 15.1. The van der Waals surface area contributed by atoms with Crippen molar-refractivity contribution >= 4 is 11.9 Å². The van der Waals surface area contributed by atoms with E-state index in [4.69, 9.17) is 4.74 Å². The van der Waals surface area contributed by atoms with Crippen LogP contribution in [0.15, 0.2) is 4.79 Å². The molecule has 8 heteroatoms. The summed E-state index contributed by atoms with van der Waals surface area (Å²) in [6, 6.07) is -0.0602. The van der Waals surface area contributed by atoms with Crippen LogP contribution >= 0.6 is 0 Å². The molecule has 0 bridgehead atoms. The van der Waals surface area contributed by atoms with Crippen LogP contribution in [-0.2, 0) is 11.3 Å². The Morgan fingerprint density at radius 2 is 2.00 bits per heavy atom. The SMILES string of the molecule is CN1CCn2c(C3CCCN3)nc(=O)c(OC(=O)C(C)(C)C)c2C1=O. The van der Waals surface area contributed by atoms with Crippen LogP contribution < -0.4 is 15.6 Å². The summed E-state index contributed by atoms with van der Waals surface area (Å²) in [5.41, 5.74) is -1.34. The van der Waals surface area contributed by atoms with E-state index in [-0.39, 0.29) is 23.4 Å². The fourth-order valence-electron chi connectivity index (χ4n) is 3.03. The Hall–Kier alpha value is -2.22. The number of amides is 1. The van der Waals surface area contributed by atoms with Crippen LogP contribution in [0, 0.1) is 5.41 Å². The van der Waals surface area contributed by atoms with Crippen molar-refractivity contribution in [3.8, 4) is 5.75 Å². The Morgan fingerprint density at radius 1 is 1.28 bits per heavy atom. The van der Waals surface area contributed by atoms with Crippen LogP contribution in [0.3, 0.4) is 0 Å². The minimum absolute atomic E-state index is 0.0602. The zero-order chi connectivity index (χ0) is 18.4. The van der Waals surface area contributed by atoms with Gasteiger partial charge in [-0.05, 0) is 40.2 Å². The first kappa shape index (κ1) is 17.6. The third-order valence-electron chi connectivity index (χ3n) is 4.56. The summed E-state index contributed by atoms with van der Waals surface area (Å²) in [5, 5.41) is 3.31. The molecular weight excluding hydrogens is 324 g/mol. The molecule has 3 heterocycles. The fraction of sp³-hybridized carbons (Fsp3) is 0.647. The zero-order valence-corrected chi connectivity index (χ0v) is 15.1. The molecular formula is C17H24N4O4. The average Bonchev–Trinajstić information content (AvgIpc) is 3.06. The summed E-state index contributed by atoms with van der Waals surface area (Å²) in [7, 11) is 1.67. The first-order chi connectivity index (χ1) is 11.7. The number of hydrogen-bond donors (Lipinski definition) is 1. The lowest BCUT2D eigenvalue weighted by Gasteiger charge is -2.30. The van der Waals surface area contributed by atoms with E-state index in [1.807, 2.05) is 0 Å². The standard InChI is InChI=1S/C17H24N4O4/c1-17(2,3)16(24)25-12-11-15(23)20(4)8-9-21(11)13(19-14(12)22)10-6-5-7-18-10/h10,18H,5-9H2,1-4H3. The van der Waals surface area contributed by atoms with Crippen molar-refractivity contribution in [3.05, 3.63) is 21.9 Å². The highest BCUT2D eigenvalue weighted by atomic mass is 16.5. The average molecular weight is 348 g/mol. The molecule has 1 amide bonds. The highest BCUT2D eigenvalue weighted by Crippen LogP contribution is 2.28. The van der Waals surface area contributed by atoms with E-state index in [0.29, 0.717) is 18.9 Å². The van der Waals surface area contributed by atoms with E-state index in [9.17, 15) is 14.4 Å². The normalized spacial score (nSPS) is 20.6. The molecule has 0 aliphatic carbocycles. The van der Waals surface area contributed by atoms with Gasteiger partial charge in [0, 0.05) is 20.1 Å². The fourth-order valence-corrected chi connectivity index (χ4v) is 3.03. The van der Waals surface area contributed by atoms with Crippen molar-refractivity contribution in [2.75, 3.05) is 20.1 Å². The van der Waals surface area contributed by atoms with Gasteiger partial charge in [0.25, 0.3) is 5.91 Å². The molecule has 0 radical (unpaired) electrons. The van der Waals surface area contributed by atoms with Gasteiger partial charge in [-0.2, -0.15) is 4.98 Å². The van der Waals surface area contributed by atoms with E-state index in [1.54, 1.807) is 32.4 Å². The smallest absolute Gasteiger partial charge is 0.316 e. The maximum absolute atomic E-state index is 12.7. The molecule has 2 aliphatic heterocycles. The molecule has 1 atom stereocenters. The van der Waals surface area contributed by atoms with Gasteiger partial charge in [-0.25, -0.2) is 0 Å². The molecule has 1 aromatic rings. The molecule has 3 rings (SSSR count). The Bertz CT molecular complexity index is 772. The molecule has 1 aromatic heterocycles. The Balaban J connectivity index is 2.14. The molecule has 25 heavy (non-hydrogen) atoms. The predicted molar refractivity (Wildman–Crippen MR) is 90.5 cm³/mol. The number of aromatic nitrogens is 2. The molecule has 2 aliphatic rings. The second-order valence-corrected chi connectivity index (χ2v) is 7.62. The van der Waals surface area contributed by atoms with Crippen molar-refractivity contribution < 1.29 is 14.3 Å². The summed E-state index contributed by atoms with van der Waals surface area (Å²) < 4.78 is 7.08. The molecule has 1 saturated heterocycles. The van der Waals surface area contributed by atoms with Crippen LogP contribution in [-0.4, -0.2) is 46.5 Å². The molecule has 0 aromatic carbocycles. The van der Waals surface area contributed by atoms with Crippen LogP contribution in [0.2, 0.25) is 0 Å². The van der Waals surface area contributed by atoms with Crippen molar-refractivity contribution in [2.45, 2.75) is 46.2 Å². The quantitative estimate of drug-likeness (QED) is 0.791. The Morgan fingerprint density at radius 3 is 2.60 bits per heavy atom. The molecule has 1 N–H and O–H groups in total. The maximum atomic E-state index is 12.7. The lowest BCUT2D eigenvalue weighted by Crippen LogP contribution is -2.43. The number of ether oxygens (including phenoxy) is 1. The largest absolute Gasteiger partial charge is 0.418 e. The molecule has 0 spiro atoms. The van der Waals surface area contributed by atoms with Gasteiger partial charge in [0.1, 0.15) is 5.82 Å². The van der Waals surface area contributed by atoms with Crippen LogP contribution in [0.4, 0.5) is 0 Å². The van der Waals surface area contributed by atoms with Gasteiger partial charge in [0.15, 0.2) is 5.69 Å². The number of nitrogens with one attached hydrogen (secondary N) is 1. The minimum atomic E-state index is -0.792. The third-order valence-corrected chi connectivity index (χ3v) is 4.56. The summed E-state index contributed by atoms with van der Waals surface area (Å²) in [4.78, 5) is 43.2. The van der Waals surface area contributed by atoms with Gasteiger partial charge in [-0.15, -0.1) is 0 Å². The second-order valence-electron chi connectivity index (χ2n) is 7.62. The molecule has 1 fully saturated rings. The van der Waals surface area contributed by atoms with E-state index in [1.165, 1.54) is 4.90 Å². The predicted octanol–water partition coefficient (Wildman–Crippen LogP) is 0.705. The molecule has 1 unspecified atom stereocenters. The van der Waals surface area contributed by atoms with E-state index in [0.717, 1.165) is 19.4 Å². The summed E-state index contributed by atoms with van der Waals surface area (Å²) in [6.45, 7) is 6.96. The minimum Gasteiger partial charge on any atom is -0.418 e. The van der Waals surface area contributed by atoms with Gasteiger partial charge in [-0.3, -0.25) is 14.4 Å². The van der Waals surface area contributed by atoms with Gasteiger partial charge in [-0.1, -0.05) is 0 Å². The van der Waals surface area contributed by atoms with Gasteiger partial charge in [0.2, 0.25) is 5.75 Å². The molecule has 0 saturated carbocycles.